The highest BCUT2D eigenvalue weighted by atomic mass is 35.5. The van der Waals surface area contributed by atoms with Crippen molar-refractivity contribution in [1.82, 2.24) is 0 Å². The van der Waals surface area contributed by atoms with Gasteiger partial charge in [-0.15, -0.1) is 0 Å². The number of halogens is 1. The van der Waals surface area contributed by atoms with Crippen LogP contribution in [0.15, 0.2) is 71.6 Å². The fourth-order valence-corrected chi connectivity index (χ4v) is 4.97. The minimum Gasteiger partial charge on any atom is -0.497 e. The smallest absolute Gasteiger partial charge is 0.270 e. The van der Waals surface area contributed by atoms with E-state index in [2.05, 4.69) is 5.32 Å². The largest absolute Gasteiger partial charge is 0.497 e. The van der Waals surface area contributed by atoms with Gasteiger partial charge >= 0.3 is 0 Å². The topological polar surface area (TPSA) is 77.1 Å². The molecule has 0 radical (unpaired) electrons. The molecule has 3 aromatic carbocycles. The number of nitrogens with one attached hydrogen (secondary N) is 1. The standard InChI is InChI=1S/C26H21ClN2O5S2/c1-32-19-10-8-18(9-11-19)29-25(31)22(36-26(29)35)14-16-12-20(27)24(21(13-16)33-2)34-15-23(30)28-17-6-4-3-5-7-17/h3-14H,15H2,1-2H3,(H,28,30)/b22-14-. The van der Waals surface area contributed by atoms with Crippen LogP contribution in [0.25, 0.3) is 6.08 Å². The molecule has 3 aromatic rings. The van der Waals surface area contributed by atoms with E-state index in [1.165, 1.54) is 23.8 Å². The van der Waals surface area contributed by atoms with Crippen LogP contribution in [-0.4, -0.2) is 37.0 Å². The fraction of sp³-hybridized carbons (Fsp3) is 0.115. The van der Waals surface area contributed by atoms with Gasteiger partial charge in [-0.2, -0.15) is 0 Å². The molecule has 1 heterocycles. The number of hydrogen-bond acceptors (Lipinski definition) is 7. The lowest BCUT2D eigenvalue weighted by Crippen LogP contribution is -2.27. The second kappa shape index (κ2) is 11.5. The van der Waals surface area contributed by atoms with Gasteiger partial charge in [-0.25, -0.2) is 0 Å². The number of nitrogens with zero attached hydrogens (tertiary/aromatic N) is 1. The first-order chi connectivity index (χ1) is 17.4. The molecule has 7 nitrogen and oxygen atoms in total. The summed E-state index contributed by atoms with van der Waals surface area (Å²) >= 11 is 13.1. The number of anilines is 2. The minimum atomic E-state index is -0.342. The molecule has 0 aliphatic carbocycles. The lowest BCUT2D eigenvalue weighted by molar-refractivity contribution is -0.118. The third-order valence-electron chi connectivity index (χ3n) is 5.08. The van der Waals surface area contributed by atoms with Crippen LogP contribution in [0.3, 0.4) is 0 Å². The van der Waals surface area contributed by atoms with Gasteiger partial charge in [0.05, 0.1) is 29.8 Å². The number of carbonyl (C=O) groups is 2. The molecule has 184 valence electrons. The van der Waals surface area contributed by atoms with Crippen molar-refractivity contribution in [3.63, 3.8) is 0 Å². The minimum absolute atomic E-state index is 0.227. The first-order valence-corrected chi connectivity index (χ1v) is 12.3. The molecule has 10 heteroatoms. The van der Waals surface area contributed by atoms with Crippen LogP contribution in [0.4, 0.5) is 11.4 Å². The Bertz CT molecular complexity index is 1330. The molecule has 36 heavy (non-hydrogen) atoms. The molecule has 0 spiro atoms. The van der Waals surface area contributed by atoms with E-state index in [4.69, 9.17) is 38.0 Å². The Morgan fingerprint density at radius 1 is 1.08 bits per heavy atom. The molecule has 0 aromatic heterocycles. The first-order valence-electron chi connectivity index (χ1n) is 10.7. The highest BCUT2D eigenvalue weighted by Gasteiger charge is 2.33. The number of ether oxygens (including phenoxy) is 3. The maximum Gasteiger partial charge on any atom is 0.270 e. The van der Waals surface area contributed by atoms with Crippen molar-refractivity contribution in [2.45, 2.75) is 0 Å². The van der Waals surface area contributed by atoms with Gasteiger partial charge in [0, 0.05) is 5.69 Å². The highest BCUT2D eigenvalue weighted by molar-refractivity contribution is 8.27. The molecule has 4 rings (SSSR count). The maximum absolute atomic E-state index is 13.1. The quantitative estimate of drug-likeness (QED) is 0.286. The monoisotopic (exact) mass is 540 g/mol. The number of rotatable bonds is 8. The van der Waals surface area contributed by atoms with E-state index in [-0.39, 0.29) is 29.2 Å². The molecular weight excluding hydrogens is 520 g/mol. The van der Waals surface area contributed by atoms with E-state index in [0.29, 0.717) is 37.7 Å². The normalized spacial score (nSPS) is 14.2. The molecule has 1 N–H and O–H groups in total. The summed E-state index contributed by atoms with van der Waals surface area (Å²) in [6, 6.07) is 19.4. The summed E-state index contributed by atoms with van der Waals surface area (Å²) in [5.74, 6) is 0.646. The van der Waals surface area contributed by atoms with E-state index >= 15 is 0 Å². The lowest BCUT2D eigenvalue weighted by atomic mass is 10.1. The highest BCUT2D eigenvalue weighted by Crippen LogP contribution is 2.40. The second-order valence-corrected chi connectivity index (χ2v) is 9.54. The molecule has 0 saturated carbocycles. The number of amides is 2. The molecule has 2 amide bonds. The van der Waals surface area contributed by atoms with Crippen LogP contribution >= 0.6 is 35.6 Å². The molecule has 0 unspecified atom stereocenters. The zero-order chi connectivity index (χ0) is 25.7. The van der Waals surface area contributed by atoms with E-state index < -0.39 is 0 Å². The van der Waals surface area contributed by atoms with Gasteiger partial charge < -0.3 is 19.5 Å². The summed E-state index contributed by atoms with van der Waals surface area (Å²) in [4.78, 5) is 27.2. The van der Waals surface area contributed by atoms with Crippen molar-refractivity contribution in [2.75, 3.05) is 31.0 Å². The third kappa shape index (κ3) is 5.81. The van der Waals surface area contributed by atoms with Crippen molar-refractivity contribution in [3.8, 4) is 17.2 Å². The Morgan fingerprint density at radius 2 is 1.81 bits per heavy atom. The Labute approximate surface area is 223 Å². The predicted molar refractivity (Wildman–Crippen MR) is 147 cm³/mol. The Hall–Kier alpha value is -3.53. The Balaban J connectivity index is 1.50. The SMILES string of the molecule is COc1ccc(N2C(=O)/C(=C/c3cc(Cl)c(OCC(=O)Nc4ccccc4)c(OC)c3)SC2=S)cc1. The summed E-state index contributed by atoms with van der Waals surface area (Å²) < 4.78 is 16.7. The van der Waals surface area contributed by atoms with Crippen molar-refractivity contribution < 1.29 is 23.8 Å². The van der Waals surface area contributed by atoms with Crippen LogP contribution in [-0.2, 0) is 9.59 Å². The van der Waals surface area contributed by atoms with E-state index in [1.54, 1.807) is 61.7 Å². The van der Waals surface area contributed by atoms with Crippen molar-refractivity contribution >= 4 is 69.2 Å². The molecule has 1 aliphatic heterocycles. The van der Waals surface area contributed by atoms with E-state index in [9.17, 15) is 9.59 Å². The van der Waals surface area contributed by atoms with E-state index in [0.717, 1.165) is 0 Å². The number of benzene rings is 3. The van der Waals surface area contributed by atoms with Gasteiger partial charge in [0.1, 0.15) is 5.75 Å². The van der Waals surface area contributed by atoms with Crippen LogP contribution in [0.2, 0.25) is 5.02 Å². The van der Waals surface area contributed by atoms with Gasteiger partial charge in [0.2, 0.25) is 0 Å². The fourth-order valence-electron chi connectivity index (χ4n) is 3.39. The summed E-state index contributed by atoms with van der Waals surface area (Å²) in [5, 5.41) is 2.98. The molecule has 1 fully saturated rings. The van der Waals surface area contributed by atoms with Crippen LogP contribution in [0, 0.1) is 0 Å². The van der Waals surface area contributed by atoms with Crippen LogP contribution in [0.1, 0.15) is 5.56 Å². The van der Waals surface area contributed by atoms with Crippen LogP contribution < -0.4 is 24.4 Å². The number of thiocarbonyl (C=S) groups is 1. The summed E-state index contributed by atoms with van der Waals surface area (Å²) in [7, 11) is 3.04. The number of para-hydroxylation sites is 1. The third-order valence-corrected chi connectivity index (χ3v) is 6.66. The summed E-state index contributed by atoms with van der Waals surface area (Å²) in [6.45, 7) is -0.259. The number of hydrogen-bond donors (Lipinski definition) is 1. The zero-order valence-corrected chi connectivity index (χ0v) is 21.7. The zero-order valence-electron chi connectivity index (χ0n) is 19.3. The van der Waals surface area contributed by atoms with Gasteiger partial charge in [0.15, 0.2) is 22.4 Å². The molecule has 0 atom stereocenters. The average Bonchev–Trinajstić information content (AvgIpc) is 3.16. The average molecular weight is 541 g/mol. The van der Waals surface area contributed by atoms with Gasteiger partial charge in [-0.3, -0.25) is 14.5 Å². The van der Waals surface area contributed by atoms with Crippen molar-refractivity contribution in [3.05, 3.63) is 82.2 Å². The maximum atomic E-state index is 13.1. The lowest BCUT2D eigenvalue weighted by Gasteiger charge is -2.15. The van der Waals surface area contributed by atoms with Gasteiger partial charge in [0.25, 0.3) is 11.8 Å². The Kier molecular flexibility index (Phi) is 8.14. The summed E-state index contributed by atoms with van der Waals surface area (Å²) in [5.41, 5.74) is 1.93. The van der Waals surface area contributed by atoms with E-state index in [1.807, 2.05) is 18.2 Å². The number of methoxy groups -OCH3 is 2. The van der Waals surface area contributed by atoms with Gasteiger partial charge in [-0.1, -0.05) is 53.8 Å². The summed E-state index contributed by atoms with van der Waals surface area (Å²) in [6.07, 6.45) is 1.68. The molecule has 1 aliphatic rings. The molecular formula is C26H21ClN2O5S2. The Morgan fingerprint density at radius 3 is 2.47 bits per heavy atom. The first kappa shape index (κ1) is 25.6. The van der Waals surface area contributed by atoms with Crippen LogP contribution in [0.5, 0.6) is 17.2 Å². The molecule has 0 bridgehead atoms. The second-order valence-electron chi connectivity index (χ2n) is 7.45. The molecule has 1 saturated heterocycles. The van der Waals surface area contributed by atoms with Crippen molar-refractivity contribution in [1.29, 1.82) is 0 Å². The van der Waals surface area contributed by atoms with Crippen molar-refractivity contribution in [2.24, 2.45) is 0 Å². The number of thioether (sulfide) groups is 1. The van der Waals surface area contributed by atoms with Gasteiger partial charge in [-0.05, 0) is 60.2 Å². The predicted octanol–water partition coefficient (Wildman–Crippen LogP) is 5.78. The number of carbonyl (C=O) groups excluding carboxylic acids is 2.